The van der Waals surface area contributed by atoms with Crippen LogP contribution in [0.2, 0.25) is 5.02 Å². The number of amides is 1. The summed E-state index contributed by atoms with van der Waals surface area (Å²) in [6.07, 6.45) is 6.76. The van der Waals surface area contributed by atoms with Gasteiger partial charge in [0.1, 0.15) is 17.2 Å². The summed E-state index contributed by atoms with van der Waals surface area (Å²) in [6.45, 7) is 2.16. The van der Waals surface area contributed by atoms with Crippen molar-refractivity contribution in [3.8, 4) is 11.3 Å². The lowest BCUT2D eigenvalue weighted by atomic mass is 10.1. The van der Waals surface area contributed by atoms with Crippen LogP contribution in [0.25, 0.3) is 16.9 Å². The number of imidazole rings is 1. The molecule has 1 aromatic carbocycles. The molecule has 2 heterocycles. The molecular formula is C20H22ClN3O. The van der Waals surface area contributed by atoms with E-state index in [4.69, 9.17) is 11.6 Å². The summed E-state index contributed by atoms with van der Waals surface area (Å²) >= 11 is 5.99. The summed E-state index contributed by atoms with van der Waals surface area (Å²) in [5, 5.41) is 3.73. The van der Waals surface area contributed by atoms with Crippen LogP contribution in [0.15, 0.2) is 48.7 Å². The number of rotatable bonds is 7. The molecule has 5 heteroatoms. The number of hydrogen-bond donors (Lipinski definition) is 1. The Bertz CT molecular complexity index is 855. The number of anilines is 1. The van der Waals surface area contributed by atoms with E-state index in [1.54, 1.807) is 0 Å². The van der Waals surface area contributed by atoms with Crippen molar-refractivity contribution in [3.63, 3.8) is 0 Å². The quantitative estimate of drug-likeness (QED) is 0.563. The highest BCUT2D eigenvalue weighted by Gasteiger charge is 2.16. The molecule has 0 aliphatic heterocycles. The van der Waals surface area contributed by atoms with Crippen molar-refractivity contribution in [2.75, 3.05) is 5.32 Å². The third-order valence-corrected chi connectivity index (χ3v) is 4.41. The second-order valence-electron chi connectivity index (χ2n) is 6.10. The number of carbonyl (C=O) groups is 1. The lowest BCUT2D eigenvalue weighted by molar-refractivity contribution is -0.116. The molecule has 25 heavy (non-hydrogen) atoms. The lowest BCUT2D eigenvalue weighted by Gasteiger charge is -2.08. The van der Waals surface area contributed by atoms with E-state index in [1.807, 2.05) is 53.1 Å². The maximum Gasteiger partial charge on any atom is 0.225 e. The van der Waals surface area contributed by atoms with Gasteiger partial charge >= 0.3 is 0 Å². The van der Waals surface area contributed by atoms with Gasteiger partial charge in [-0.05, 0) is 30.7 Å². The van der Waals surface area contributed by atoms with Gasteiger partial charge in [0.05, 0.1) is 0 Å². The van der Waals surface area contributed by atoms with Crippen molar-refractivity contribution in [1.29, 1.82) is 0 Å². The molecule has 0 aliphatic carbocycles. The zero-order chi connectivity index (χ0) is 17.6. The van der Waals surface area contributed by atoms with Gasteiger partial charge in [-0.15, -0.1) is 0 Å². The molecule has 0 fully saturated rings. The molecule has 130 valence electrons. The van der Waals surface area contributed by atoms with Crippen LogP contribution in [0.4, 0.5) is 5.82 Å². The van der Waals surface area contributed by atoms with Gasteiger partial charge in [0.25, 0.3) is 0 Å². The van der Waals surface area contributed by atoms with Gasteiger partial charge in [0.2, 0.25) is 5.91 Å². The zero-order valence-corrected chi connectivity index (χ0v) is 15.1. The molecule has 0 saturated carbocycles. The highest BCUT2D eigenvalue weighted by Crippen LogP contribution is 2.29. The van der Waals surface area contributed by atoms with Gasteiger partial charge in [-0.2, -0.15) is 0 Å². The summed E-state index contributed by atoms with van der Waals surface area (Å²) in [5.74, 6) is 0.732. The summed E-state index contributed by atoms with van der Waals surface area (Å²) < 4.78 is 1.91. The summed E-state index contributed by atoms with van der Waals surface area (Å²) in [5.41, 5.74) is 2.48. The smallest absolute Gasteiger partial charge is 0.225 e. The average molecular weight is 356 g/mol. The molecule has 3 aromatic rings. The summed E-state index contributed by atoms with van der Waals surface area (Å²) in [7, 11) is 0. The number of nitrogens with one attached hydrogen (secondary N) is 1. The van der Waals surface area contributed by atoms with Crippen molar-refractivity contribution < 1.29 is 4.79 Å². The first kappa shape index (κ1) is 17.5. The van der Waals surface area contributed by atoms with Gasteiger partial charge in [0, 0.05) is 23.2 Å². The Kier molecular flexibility index (Phi) is 5.71. The maximum absolute atomic E-state index is 12.4. The minimum absolute atomic E-state index is 0.0250. The van der Waals surface area contributed by atoms with Gasteiger partial charge in [-0.3, -0.25) is 9.20 Å². The molecule has 0 spiro atoms. The van der Waals surface area contributed by atoms with Crippen molar-refractivity contribution >= 4 is 29.0 Å². The van der Waals surface area contributed by atoms with Crippen LogP contribution in [0.5, 0.6) is 0 Å². The van der Waals surface area contributed by atoms with Crippen LogP contribution in [0.3, 0.4) is 0 Å². The highest BCUT2D eigenvalue weighted by atomic mass is 35.5. The van der Waals surface area contributed by atoms with E-state index in [0.717, 1.165) is 36.2 Å². The summed E-state index contributed by atoms with van der Waals surface area (Å²) in [6, 6.07) is 13.3. The topological polar surface area (TPSA) is 46.4 Å². The minimum atomic E-state index is 0.0250. The van der Waals surface area contributed by atoms with Crippen molar-refractivity contribution in [3.05, 3.63) is 53.7 Å². The number of benzene rings is 1. The Morgan fingerprint density at radius 2 is 1.92 bits per heavy atom. The Morgan fingerprint density at radius 3 is 2.68 bits per heavy atom. The highest BCUT2D eigenvalue weighted by molar-refractivity contribution is 6.30. The van der Waals surface area contributed by atoms with Crippen molar-refractivity contribution in [2.45, 2.75) is 39.0 Å². The second-order valence-corrected chi connectivity index (χ2v) is 6.54. The van der Waals surface area contributed by atoms with Crippen LogP contribution in [0.1, 0.15) is 39.0 Å². The molecule has 0 atom stereocenters. The van der Waals surface area contributed by atoms with Crippen LogP contribution < -0.4 is 5.32 Å². The van der Waals surface area contributed by atoms with Crippen molar-refractivity contribution in [1.82, 2.24) is 9.38 Å². The monoisotopic (exact) mass is 355 g/mol. The maximum atomic E-state index is 12.4. The first-order valence-corrected chi connectivity index (χ1v) is 9.09. The molecule has 0 radical (unpaired) electrons. The molecule has 2 aromatic heterocycles. The minimum Gasteiger partial charge on any atom is -0.310 e. The Labute approximate surface area is 152 Å². The van der Waals surface area contributed by atoms with E-state index >= 15 is 0 Å². The fourth-order valence-corrected chi connectivity index (χ4v) is 2.96. The average Bonchev–Trinajstić information content (AvgIpc) is 2.98. The van der Waals surface area contributed by atoms with E-state index in [-0.39, 0.29) is 5.91 Å². The van der Waals surface area contributed by atoms with E-state index in [2.05, 4.69) is 17.2 Å². The Morgan fingerprint density at radius 1 is 1.12 bits per heavy atom. The van der Waals surface area contributed by atoms with E-state index in [0.29, 0.717) is 17.3 Å². The van der Waals surface area contributed by atoms with Gasteiger partial charge in [-0.25, -0.2) is 4.98 Å². The summed E-state index contributed by atoms with van der Waals surface area (Å²) in [4.78, 5) is 17.1. The zero-order valence-electron chi connectivity index (χ0n) is 14.3. The standard InChI is InChI=1S/C20H22ClN3O/c1-2-3-4-5-9-18(25)23-20-19(15-10-12-16(21)13-11-15)22-17-8-6-7-14-24(17)20/h6-8,10-14H,2-5,9H2,1H3,(H,23,25). The molecule has 1 N–H and O–H groups in total. The Hall–Kier alpha value is -2.33. The number of nitrogens with zero attached hydrogens (tertiary/aromatic N) is 2. The van der Waals surface area contributed by atoms with Crippen LogP contribution in [-0.2, 0) is 4.79 Å². The molecule has 0 aliphatic rings. The number of aromatic nitrogens is 2. The molecule has 0 saturated heterocycles. The number of hydrogen-bond acceptors (Lipinski definition) is 2. The van der Waals surface area contributed by atoms with Gasteiger partial charge < -0.3 is 5.32 Å². The number of halogens is 1. The first-order valence-electron chi connectivity index (χ1n) is 8.72. The third kappa shape index (κ3) is 4.20. The van der Waals surface area contributed by atoms with Crippen molar-refractivity contribution in [2.24, 2.45) is 0 Å². The second kappa shape index (κ2) is 8.17. The molecule has 3 rings (SSSR count). The number of unbranched alkanes of at least 4 members (excludes halogenated alkanes) is 3. The SMILES string of the molecule is CCCCCCC(=O)Nc1c(-c2ccc(Cl)cc2)nc2ccccn12. The number of fused-ring (bicyclic) bond motifs is 1. The number of pyridine rings is 1. The Balaban J connectivity index is 1.88. The van der Waals surface area contributed by atoms with E-state index in [9.17, 15) is 4.79 Å². The molecule has 0 unspecified atom stereocenters. The predicted octanol–water partition coefficient (Wildman–Crippen LogP) is 5.56. The van der Waals surface area contributed by atoms with Gasteiger partial charge in [0.15, 0.2) is 0 Å². The molecule has 4 nitrogen and oxygen atoms in total. The number of carbonyl (C=O) groups excluding carboxylic acids is 1. The molecular weight excluding hydrogens is 334 g/mol. The normalized spacial score (nSPS) is 11.0. The van der Waals surface area contributed by atoms with Gasteiger partial charge in [-0.1, -0.05) is 56.0 Å². The van der Waals surface area contributed by atoms with Crippen LogP contribution in [-0.4, -0.2) is 15.3 Å². The lowest BCUT2D eigenvalue weighted by Crippen LogP contribution is -2.13. The fourth-order valence-electron chi connectivity index (χ4n) is 2.83. The fraction of sp³-hybridized carbons (Fsp3) is 0.300. The van der Waals surface area contributed by atoms with Crippen LogP contribution in [0, 0.1) is 0 Å². The first-order chi connectivity index (χ1) is 12.2. The molecule has 0 bridgehead atoms. The van der Waals surface area contributed by atoms with E-state index < -0.39 is 0 Å². The third-order valence-electron chi connectivity index (χ3n) is 4.16. The van der Waals surface area contributed by atoms with Crippen LogP contribution >= 0.6 is 11.6 Å². The predicted molar refractivity (Wildman–Crippen MR) is 103 cm³/mol. The van der Waals surface area contributed by atoms with E-state index in [1.165, 1.54) is 6.42 Å². The largest absolute Gasteiger partial charge is 0.310 e. The molecule has 1 amide bonds.